The van der Waals surface area contributed by atoms with Gasteiger partial charge < -0.3 is 5.32 Å². The van der Waals surface area contributed by atoms with Gasteiger partial charge in [-0.25, -0.2) is 8.42 Å². The molecule has 0 aliphatic carbocycles. The maximum atomic E-state index is 11.6. The fourth-order valence-electron chi connectivity index (χ4n) is 2.22. The van der Waals surface area contributed by atoms with E-state index in [1.165, 1.54) is 30.7 Å². The smallest absolute Gasteiger partial charge is 0.176 e. The monoisotopic (exact) mass is 379 g/mol. The number of benzene rings is 2. The van der Waals surface area contributed by atoms with Crippen LogP contribution in [0.15, 0.2) is 47.9 Å². The average Bonchev–Trinajstić information content (AvgIpc) is 2.55. The molecule has 134 valence electrons. The lowest BCUT2D eigenvalue weighted by atomic mass is 10.0. The van der Waals surface area contributed by atoms with E-state index in [2.05, 4.69) is 11.9 Å². The molecule has 0 unspecified atom stereocenters. The highest BCUT2D eigenvalue weighted by atomic mass is 35.5. The molecule has 25 heavy (non-hydrogen) atoms. The van der Waals surface area contributed by atoms with E-state index in [0.717, 1.165) is 11.3 Å². The zero-order valence-electron chi connectivity index (χ0n) is 14.8. The lowest BCUT2D eigenvalue weighted by Gasteiger charge is -2.13. The van der Waals surface area contributed by atoms with Gasteiger partial charge in [0.15, 0.2) is 15.6 Å². The fraction of sp³-hybridized carbons (Fsp3) is 0.211. The molecular weight excluding hydrogens is 358 g/mol. The van der Waals surface area contributed by atoms with Gasteiger partial charge in [-0.1, -0.05) is 42.0 Å². The molecule has 0 spiro atoms. The van der Waals surface area contributed by atoms with E-state index in [9.17, 15) is 13.2 Å². The first-order chi connectivity index (χ1) is 11.6. The highest BCUT2D eigenvalue weighted by Gasteiger charge is 2.18. The van der Waals surface area contributed by atoms with E-state index in [1.807, 2.05) is 31.2 Å². The van der Waals surface area contributed by atoms with Gasteiger partial charge in [-0.15, -0.1) is 0 Å². The summed E-state index contributed by atoms with van der Waals surface area (Å²) in [7, 11) is -1.70. The third kappa shape index (κ3) is 5.73. The summed E-state index contributed by atoms with van der Waals surface area (Å²) in [5.74, 6) is -0.127. The number of rotatable bonds is 4. The zero-order valence-corrected chi connectivity index (χ0v) is 16.3. The van der Waals surface area contributed by atoms with Crippen molar-refractivity contribution in [2.45, 2.75) is 18.7 Å². The molecule has 2 aromatic rings. The minimum absolute atomic E-state index is 0.127. The molecule has 0 bridgehead atoms. The Kier molecular flexibility index (Phi) is 7.39. The summed E-state index contributed by atoms with van der Waals surface area (Å²) in [6.45, 7) is 7.07. The van der Waals surface area contributed by atoms with E-state index < -0.39 is 9.84 Å². The number of anilines is 1. The van der Waals surface area contributed by atoms with Crippen LogP contribution in [0.5, 0.6) is 0 Å². The summed E-state index contributed by atoms with van der Waals surface area (Å²) in [4.78, 5) is 11.6. The number of hydrogen-bond acceptors (Lipinski definition) is 4. The van der Waals surface area contributed by atoms with Gasteiger partial charge in [0.25, 0.3) is 0 Å². The van der Waals surface area contributed by atoms with Crippen LogP contribution >= 0.6 is 11.6 Å². The Morgan fingerprint density at radius 3 is 2.08 bits per heavy atom. The predicted octanol–water partition coefficient (Wildman–Crippen LogP) is 4.63. The molecule has 0 aromatic heterocycles. The van der Waals surface area contributed by atoms with Gasteiger partial charge >= 0.3 is 0 Å². The van der Waals surface area contributed by atoms with Crippen molar-refractivity contribution < 1.29 is 13.2 Å². The Balaban J connectivity index is 0.000000324. The lowest BCUT2D eigenvalue weighted by molar-refractivity contribution is 0.101. The number of sulfone groups is 1. The molecule has 0 atom stereocenters. The molecule has 0 saturated heterocycles. The standard InChI is InChI=1S/C12H15NO3S.C7H7Cl/c1-5-9-11(17(4,15)16)7-6-10(8(2)14)12(9)13-3;1-6-2-4-7(8)5-3-6/h5-7,13H,1H2,2-4H3;2-5H,1H3. The van der Waals surface area contributed by atoms with Crippen molar-refractivity contribution in [3.63, 3.8) is 0 Å². The van der Waals surface area contributed by atoms with E-state index in [1.54, 1.807) is 7.05 Å². The number of hydrogen-bond donors (Lipinski definition) is 1. The van der Waals surface area contributed by atoms with Crippen molar-refractivity contribution in [3.8, 4) is 0 Å². The Labute approximate surface area is 154 Å². The summed E-state index contributed by atoms with van der Waals surface area (Å²) in [5.41, 5.74) is 2.63. The second kappa shape index (κ2) is 8.83. The first kappa shape index (κ1) is 20.9. The van der Waals surface area contributed by atoms with E-state index in [0.29, 0.717) is 16.8 Å². The third-order valence-electron chi connectivity index (χ3n) is 3.45. The first-order valence-corrected chi connectivity index (χ1v) is 9.79. The van der Waals surface area contributed by atoms with Crippen molar-refractivity contribution in [2.75, 3.05) is 18.6 Å². The van der Waals surface area contributed by atoms with Crippen LogP contribution in [0.2, 0.25) is 5.02 Å². The molecule has 0 radical (unpaired) electrons. The molecular formula is C19H22ClNO3S. The minimum atomic E-state index is -3.34. The van der Waals surface area contributed by atoms with Crippen molar-refractivity contribution in [3.05, 3.63) is 64.7 Å². The molecule has 0 fully saturated rings. The molecule has 2 rings (SSSR count). The van der Waals surface area contributed by atoms with Crippen molar-refractivity contribution >= 4 is 39.0 Å². The van der Waals surface area contributed by atoms with Crippen molar-refractivity contribution in [1.82, 2.24) is 0 Å². The quantitative estimate of drug-likeness (QED) is 0.787. The van der Waals surface area contributed by atoms with Crippen LogP contribution in [-0.2, 0) is 9.84 Å². The lowest BCUT2D eigenvalue weighted by Crippen LogP contribution is -2.07. The van der Waals surface area contributed by atoms with E-state index >= 15 is 0 Å². The molecule has 6 heteroatoms. The molecule has 0 heterocycles. The molecule has 0 amide bonds. The first-order valence-electron chi connectivity index (χ1n) is 7.52. The highest BCUT2D eigenvalue weighted by molar-refractivity contribution is 7.90. The maximum absolute atomic E-state index is 11.6. The van der Waals surface area contributed by atoms with Gasteiger partial charge in [-0.3, -0.25) is 4.79 Å². The summed E-state index contributed by atoms with van der Waals surface area (Å²) in [5, 5.41) is 3.65. The summed E-state index contributed by atoms with van der Waals surface area (Å²) >= 11 is 5.61. The minimum Gasteiger partial charge on any atom is -0.387 e. The van der Waals surface area contributed by atoms with Gasteiger partial charge in [0.1, 0.15) is 0 Å². The van der Waals surface area contributed by atoms with Crippen LogP contribution in [-0.4, -0.2) is 27.5 Å². The van der Waals surface area contributed by atoms with Crippen molar-refractivity contribution in [1.29, 1.82) is 0 Å². The summed E-state index contributed by atoms with van der Waals surface area (Å²) in [6, 6.07) is 10.7. The van der Waals surface area contributed by atoms with E-state index in [4.69, 9.17) is 11.6 Å². The second-order valence-electron chi connectivity index (χ2n) is 5.48. The molecule has 1 N–H and O–H groups in total. The van der Waals surface area contributed by atoms with Gasteiger partial charge in [0.2, 0.25) is 0 Å². The number of carbonyl (C=O) groups is 1. The Hall–Kier alpha value is -2.11. The summed E-state index contributed by atoms with van der Waals surface area (Å²) < 4.78 is 23.2. The highest BCUT2D eigenvalue weighted by Crippen LogP contribution is 2.29. The Morgan fingerprint density at radius 1 is 1.16 bits per heavy atom. The SMILES string of the molecule is C=Cc1c(S(C)(=O)=O)ccc(C(C)=O)c1NC.Cc1ccc(Cl)cc1. The number of nitrogens with one attached hydrogen (secondary N) is 1. The Morgan fingerprint density at radius 2 is 1.72 bits per heavy atom. The van der Waals surface area contributed by atoms with Crippen molar-refractivity contribution in [2.24, 2.45) is 0 Å². The second-order valence-corrected chi connectivity index (χ2v) is 7.90. The van der Waals surface area contributed by atoms with Gasteiger partial charge in [0, 0.05) is 29.5 Å². The van der Waals surface area contributed by atoms with Crippen LogP contribution in [0, 0.1) is 6.92 Å². The molecule has 0 saturated carbocycles. The fourth-order valence-corrected chi connectivity index (χ4v) is 3.25. The van der Waals surface area contributed by atoms with E-state index in [-0.39, 0.29) is 10.7 Å². The molecule has 2 aromatic carbocycles. The normalized spacial score (nSPS) is 10.4. The van der Waals surface area contributed by atoms with Crippen LogP contribution in [0.25, 0.3) is 6.08 Å². The molecule has 4 nitrogen and oxygen atoms in total. The Bertz CT molecular complexity index is 851. The predicted molar refractivity (Wildman–Crippen MR) is 105 cm³/mol. The van der Waals surface area contributed by atoms with Gasteiger partial charge in [-0.2, -0.15) is 0 Å². The number of ketones is 1. The summed E-state index contributed by atoms with van der Waals surface area (Å²) in [6.07, 6.45) is 2.57. The number of halogens is 1. The van der Waals surface area contributed by atoms with Crippen LogP contribution in [0.4, 0.5) is 5.69 Å². The van der Waals surface area contributed by atoms with Gasteiger partial charge in [-0.05, 0) is 38.1 Å². The largest absolute Gasteiger partial charge is 0.387 e. The number of Topliss-reactive ketones (excluding diaryl/α,β-unsaturated/α-hetero) is 1. The average molecular weight is 380 g/mol. The van der Waals surface area contributed by atoms with Crippen LogP contribution in [0.1, 0.15) is 28.4 Å². The third-order valence-corrected chi connectivity index (χ3v) is 4.86. The molecule has 0 aliphatic rings. The van der Waals surface area contributed by atoms with Gasteiger partial charge in [0.05, 0.1) is 10.6 Å². The topological polar surface area (TPSA) is 63.2 Å². The number of carbonyl (C=O) groups excluding carboxylic acids is 1. The zero-order chi connectivity index (χ0) is 19.2. The van der Waals surface area contributed by atoms with Crippen LogP contribution < -0.4 is 5.32 Å². The number of aryl methyl sites for hydroxylation is 1. The molecule has 0 aliphatic heterocycles. The maximum Gasteiger partial charge on any atom is 0.176 e. The van der Waals surface area contributed by atoms with Crippen LogP contribution in [0.3, 0.4) is 0 Å².